The number of H-pyrrole nitrogens is 2. The van der Waals surface area contributed by atoms with Gasteiger partial charge >= 0.3 is 0 Å². The van der Waals surface area contributed by atoms with Crippen LogP contribution in [-0.4, -0.2) is 38.9 Å². The summed E-state index contributed by atoms with van der Waals surface area (Å²) in [5, 5.41) is 0. The second-order valence-electron chi connectivity index (χ2n) is 9.17. The molecule has 0 atom stereocenters. The monoisotopic (exact) mass is 495 g/mol. The molecule has 1 aliphatic carbocycles. The van der Waals surface area contributed by atoms with Gasteiger partial charge in [-0.15, -0.1) is 0 Å². The predicted octanol–water partition coefficient (Wildman–Crippen LogP) is 7.61. The van der Waals surface area contributed by atoms with Crippen LogP contribution in [0.25, 0.3) is 34.1 Å². The minimum absolute atomic E-state index is 0.297. The zero-order chi connectivity index (χ0) is 26.4. The number of allylic oxidation sites excluding steroid dienone is 12. The fourth-order valence-corrected chi connectivity index (χ4v) is 4.39. The van der Waals surface area contributed by atoms with Gasteiger partial charge in [0.15, 0.2) is 0 Å². The Hall–Kier alpha value is -4.19. The number of rotatable bonds is 9. The van der Waals surface area contributed by atoms with Crippen molar-refractivity contribution in [2.45, 2.75) is 33.1 Å². The van der Waals surface area contributed by atoms with E-state index < -0.39 is 0 Å². The number of fused-ring (bicyclic) bond motifs is 1. The molecule has 0 amide bonds. The maximum Gasteiger partial charge on any atom is 0.142 e. The Morgan fingerprint density at radius 1 is 1.19 bits per heavy atom. The lowest BCUT2D eigenvalue weighted by molar-refractivity contribution is 0.486. The van der Waals surface area contributed by atoms with E-state index in [9.17, 15) is 4.39 Å². The van der Waals surface area contributed by atoms with Crippen molar-refractivity contribution >= 4 is 22.7 Å². The molecule has 0 radical (unpaired) electrons. The van der Waals surface area contributed by atoms with Crippen LogP contribution in [0.3, 0.4) is 0 Å². The summed E-state index contributed by atoms with van der Waals surface area (Å²) in [6.45, 7) is 7.66. The number of aromatic amines is 2. The van der Waals surface area contributed by atoms with Crippen LogP contribution in [-0.2, 0) is 6.42 Å². The molecular weight excluding hydrogens is 461 g/mol. The van der Waals surface area contributed by atoms with Crippen molar-refractivity contribution < 1.29 is 4.39 Å². The van der Waals surface area contributed by atoms with Crippen LogP contribution < -0.4 is 0 Å². The van der Waals surface area contributed by atoms with Crippen LogP contribution in [0, 0.1) is 6.92 Å². The predicted molar refractivity (Wildman–Crippen MR) is 153 cm³/mol. The maximum atomic E-state index is 14.0. The minimum atomic E-state index is -0.297. The highest BCUT2D eigenvalue weighted by molar-refractivity contribution is 5.94. The summed E-state index contributed by atoms with van der Waals surface area (Å²) in [5.41, 5.74) is 8.80. The Kier molecular flexibility index (Phi) is 8.18. The zero-order valence-corrected chi connectivity index (χ0v) is 22.0. The number of halogens is 1. The number of nitrogens with one attached hydrogen (secondary N) is 2. The van der Waals surface area contributed by atoms with E-state index in [1.54, 1.807) is 24.3 Å². The van der Waals surface area contributed by atoms with E-state index in [1.165, 1.54) is 17.8 Å². The first-order valence-corrected chi connectivity index (χ1v) is 12.5. The third-order valence-electron chi connectivity index (χ3n) is 6.27. The number of aromatic nitrogens is 4. The molecule has 0 aromatic carbocycles. The van der Waals surface area contributed by atoms with Gasteiger partial charge in [0.1, 0.15) is 11.7 Å². The average Bonchev–Trinajstić information content (AvgIpc) is 3.44. The molecule has 3 heterocycles. The van der Waals surface area contributed by atoms with Crippen LogP contribution in [0.15, 0.2) is 84.9 Å². The number of hydrogen-bond donors (Lipinski definition) is 2. The summed E-state index contributed by atoms with van der Waals surface area (Å²) in [5.74, 6) is 0.432. The first kappa shape index (κ1) is 25.9. The SMILES string of the molecule is C=C/C=C\c1nc(-c2c(C)[nH]c3ccc(C4=CCCC(N(C)C)=C4)nc23)[nH]c1C/C=C/C(F)=C\C=C/C. The molecule has 0 spiro atoms. The Bertz CT molecular complexity index is 1470. The standard InChI is InChI=1S/C31H34FN5/c1-6-8-13-23(32)14-11-17-27-26(16-9-7-2)35-31(36-27)29-21(3)33-28-19-18-25(34-30(28)29)22-12-10-15-24(20-22)37(4)5/h6-9,11-14,16,18-20,33H,2,10,15,17H2,1,3-5H3,(H,35,36)/b8-6-,14-11+,16-9-,23-13+. The van der Waals surface area contributed by atoms with Gasteiger partial charge in [-0.3, -0.25) is 0 Å². The third-order valence-corrected chi connectivity index (χ3v) is 6.27. The van der Waals surface area contributed by atoms with E-state index >= 15 is 0 Å². The highest BCUT2D eigenvalue weighted by Gasteiger charge is 2.19. The Balaban J connectivity index is 1.74. The zero-order valence-electron chi connectivity index (χ0n) is 22.0. The Morgan fingerprint density at radius 2 is 2.03 bits per heavy atom. The summed E-state index contributed by atoms with van der Waals surface area (Å²) in [6, 6.07) is 4.15. The molecule has 3 aromatic rings. The molecule has 4 rings (SSSR count). The van der Waals surface area contributed by atoms with E-state index in [0.717, 1.165) is 63.6 Å². The molecule has 0 aliphatic heterocycles. The molecule has 2 N–H and O–H groups in total. The van der Waals surface area contributed by atoms with Crippen molar-refractivity contribution in [3.05, 3.63) is 108 Å². The van der Waals surface area contributed by atoms with Gasteiger partial charge in [-0.1, -0.05) is 43.0 Å². The molecule has 5 nitrogen and oxygen atoms in total. The molecule has 0 saturated heterocycles. The molecule has 1 aliphatic rings. The molecule has 0 saturated carbocycles. The average molecular weight is 496 g/mol. The number of pyridine rings is 1. The van der Waals surface area contributed by atoms with E-state index in [-0.39, 0.29) is 5.83 Å². The fourth-order valence-electron chi connectivity index (χ4n) is 4.39. The summed E-state index contributed by atoms with van der Waals surface area (Å²) in [7, 11) is 4.15. The van der Waals surface area contributed by atoms with Gasteiger partial charge < -0.3 is 14.9 Å². The van der Waals surface area contributed by atoms with Gasteiger partial charge in [-0.25, -0.2) is 14.4 Å². The number of aryl methyl sites for hydroxylation is 1. The van der Waals surface area contributed by atoms with Gasteiger partial charge in [0, 0.05) is 37.6 Å². The number of imidazole rings is 1. The second-order valence-corrected chi connectivity index (χ2v) is 9.17. The lowest BCUT2D eigenvalue weighted by atomic mass is 10.0. The smallest absolute Gasteiger partial charge is 0.142 e. The highest BCUT2D eigenvalue weighted by Crippen LogP contribution is 2.33. The second kappa shape index (κ2) is 11.7. The molecule has 0 bridgehead atoms. The van der Waals surface area contributed by atoms with Gasteiger partial charge in [-0.2, -0.15) is 0 Å². The van der Waals surface area contributed by atoms with Gasteiger partial charge in [0.25, 0.3) is 0 Å². The normalized spacial score (nSPS) is 14.8. The van der Waals surface area contributed by atoms with Gasteiger partial charge in [-0.05, 0) is 68.7 Å². The van der Waals surface area contributed by atoms with Crippen molar-refractivity contribution in [3.8, 4) is 11.4 Å². The van der Waals surface area contributed by atoms with E-state index in [0.29, 0.717) is 6.42 Å². The lowest BCUT2D eigenvalue weighted by Crippen LogP contribution is -2.12. The van der Waals surface area contributed by atoms with Gasteiger partial charge in [0.05, 0.1) is 28.0 Å². The first-order valence-electron chi connectivity index (χ1n) is 12.5. The molecule has 3 aromatic heterocycles. The lowest BCUT2D eigenvalue weighted by Gasteiger charge is -2.20. The third kappa shape index (κ3) is 5.97. The Labute approximate surface area is 218 Å². The maximum absolute atomic E-state index is 14.0. The van der Waals surface area contributed by atoms with E-state index in [2.05, 4.69) is 59.8 Å². The topological polar surface area (TPSA) is 60.6 Å². The van der Waals surface area contributed by atoms with Crippen LogP contribution in [0.2, 0.25) is 0 Å². The summed E-state index contributed by atoms with van der Waals surface area (Å²) in [6.07, 6.45) is 20.6. The van der Waals surface area contributed by atoms with Crippen LogP contribution in [0.1, 0.15) is 42.5 Å². The minimum Gasteiger partial charge on any atom is -0.381 e. The first-order chi connectivity index (χ1) is 17.9. The van der Waals surface area contributed by atoms with E-state index in [4.69, 9.17) is 9.97 Å². The van der Waals surface area contributed by atoms with Gasteiger partial charge in [0.2, 0.25) is 0 Å². The van der Waals surface area contributed by atoms with Crippen LogP contribution >= 0.6 is 0 Å². The fraction of sp³-hybridized carbons (Fsp3) is 0.226. The molecule has 0 unspecified atom stereocenters. The van der Waals surface area contributed by atoms with Crippen molar-refractivity contribution in [1.29, 1.82) is 0 Å². The molecule has 37 heavy (non-hydrogen) atoms. The largest absolute Gasteiger partial charge is 0.381 e. The summed E-state index contributed by atoms with van der Waals surface area (Å²) < 4.78 is 14.0. The number of hydrogen-bond acceptors (Lipinski definition) is 3. The number of nitrogens with zero attached hydrogens (tertiary/aromatic N) is 3. The summed E-state index contributed by atoms with van der Waals surface area (Å²) >= 11 is 0. The van der Waals surface area contributed by atoms with E-state index in [1.807, 2.05) is 26.0 Å². The Morgan fingerprint density at radius 3 is 2.78 bits per heavy atom. The molecule has 190 valence electrons. The molecular formula is C31H34FN5. The van der Waals surface area contributed by atoms with Crippen LogP contribution in [0.5, 0.6) is 0 Å². The molecule has 6 heteroatoms. The van der Waals surface area contributed by atoms with Crippen molar-refractivity contribution in [2.75, 3.05) is 14.1 Å². The highest BCUT2D eigenvalue weighted by atomic mass is 19.1. The quantitative estimate of drug-likeness (QED) is 0.300. The van der Waals surface area contributed by atoms with Crippen molar-refractivity contribution in [3.63, 3.8) is 0 Å². The summed E-state index contributed by atoms with van der Waals surface area (Å²) in [4.78, 5) is 19.0. The van der Waals surface area contributed by atoms with Crippen LogP contribution in [0.4, 0.5) is 4.39 Å². The van der Waals surface area contributed by atoms with Crippen molar-refractivity contribution in [1.82, 2.24) is 24.8 Å². The molecule has 0 fully saturated rings. The van der Waals surface area contributed by atoms with Crippen molar-refractivity contribution in [2.24, 2.45) is 0 Å².